The number of hydrogen-bond acceptors (Lipinski definition) is 5. The van der Waals surface area contributed by atoms with E-state index in [2.05, 4.69) is 19.9 Å². The van der Waals surface area contributed by atoms with Gasteiger partial charge in [-0.05, 0) is 95.1 Å². The molecular formula is C40H36F2O5. The van der Waals surface area contributed by atoms with Crippen molar-refractivity contribution in [2.24, 2.45) is 0 Å². The van der Waals surface area contributed by atoms with Crippen molar-refractivity contribution < 1.29 is 32.5 Å². The summed E-state index contributed by atoms with van der Waals surface area (Å²) in [7, 11) is 6.36. The highest BCUT2D eigenvalue weighted by Crippen LogP contribution is 2.60. The fourth-order valence-electron chi connectivity index (χ4n) is 7.75. The Labute approximate surface area is 273 Å². The van der Waals surface area contributed by atoms with Gasteiger partial charge >= 0.3 is 0 Å². The molecule has 47 heavy (non-hydrogen) atoms. The van der Waals surface area contributed by atoms with E-state index in [0.717, 1.165) is 57.2 Å². The first-order valence-corrected chi connectivity index (χ1v) is 15.7. The maximum atomic E-state index is 15.2. The second-order valence-corrected chi connectivity index (χ2v) is 12.0. The van der Waals surface area contributed by atoms with Crippen LogP contribution in [0, 0.1) is 11.6 Å². The molecule has 0 fully saturated rings. The van der Waals surface area contributed by atoms with Gasteiger partial charge in [0.05, 0.1) is 28.4 Å². The van der Waals surface area contributed by atoms with Crippen LogP contribution in [0.4, 0.5) is 8.78 Å². The zero-order valence-corrected chi connectivity index (χ0v) is 27.3. The molecule has 240 valence electrons. The summed E-state index contributed by atoms with van der Waals surface area (Å²) in [5, 5.41) is 1.48. The average molecular weight is 635 g/mol. The molecule has 1 heterocycles. The van der Waals surface area contributed by atoms with E-state index >= 15 is 4.39 Å². The van der Waals surface area contributed by atoms with Gasteiger partial charge in [-0.3, -0.25) is 0 Å². The molecule has 0 atom stereocenters. The summed E-state index contributed by atoms with van der Waals surface area (Å²) < 4.78 is 60.0. The van der Waals surface area contributed by atoms with Crippen LogP contribution in [0.25, 0.3) is 28.0 Å². The SMILES string of the molecule is CCC1(CC)c2cc(F)ccc2-c2c1c1c(c3cc(F)ccc23)OC(c2ccc(OC)c(OC)c2)(c2ccc(OC)c(OC)c2)C=C1. The molecule has 7 rings (SSSR count). The maximum absolute atomic E-state index is 15.2. The van der Waals surface area contributed by atoms with E-state index in [0.29, 0.717) is 34.1 Å². The molecule has 1 aliphatic heterocycles. The van der Waals surface area contributed by atoms with Crippen LogP contribution in [0.2, 0.25) is 0 Å². The quantitative estimate of drug-likeness (QED) is 0.170. The Kier molecular flexibility index (Phi) is 7.38. The molecule has 5 nitrogen and oxygen atoms in total. The average Bonchev–Trinajstić information content (AvgIpc) is 3.40. The van der Waals surface area contributed by atoms with Crippen molar-refractivity contribution in [2.75, 3.05) is 28.4 Å². The summed E-state index contributed by atoms with van der Waals surface area (Å²) in [6, 6.07) is 21.2. The van der Waals surface area contributed by atoms with Crippen molar-refractivity contribution in [1.82, 2.24) is 0 Å². The van der Waals surface area contributed by atoms with Crippen molar-refractivity contribution in [3.05, 3.63) is 118 Å². The lowest BCUT2D eigenvalue weighted by molar-refractivity contribution is 0.162. The largest absolute Gasteiger partial charge is 0.493 e. The van der Waals surface area contributed by atoms with Crippen molar-refractivity contribution in [3.63, 3.8) is 0 Å². The molecule has 7 heteroatoms. The van der Waals surface area contributed by atoms with Gasteiger partial charge in [-0.15, -0.1) is 0 Å². The van der Waals surface area contributed by atoms with E-state index in [9.17, 15) is 4.39 Å². The van der Waals surface area contributed by atoms with Gasteiger partial charge < -0.3 is 23.7 Å². The van der Waals surface area contributed by atoms with Gasteiger partial charge in [-0.1, -0.05) is 44.2 Å². The third-order valence-corrected chi connectivity index (χ3v) is 10.1. The maximum Gasteiger partial charge on any atom is 0.178 e. The molecule has 0 radical (unpaired) electrons. The highest BCUT2D eigenvalue weighted by molar-refractivity contribution is 6.08. The molecule has 0 spiro atoms. The van der Waals surface area contributed by atoms with E-state index in [-0.39, 0.29) is 11.6 Å². The number of benzene rings is 5. The van der Waals surface area contributed by atoms with Crippen LogP contribution in [0.1, 0.15) is 54.5 Å². The fourth-order valence-corrected chi connectivity index (χ4v) is 7.75. The predicted molar refractivity (Wildman–Crippen MR) is 180 cm³/mol. The first-order valence-electron chi connectivity index (χ1n) is 15.7. The van der Waals surface area contributed by atoms with Gasteiger partial charge in [0.15, 0.2) is 28.6 Å². The zero-order chi connectivity index (χ0) is 33.1. The van der Waals surface area contributed by atoms with Gasteiger partial charge in [0.1, 0.15) is 17.4 Å². The van der Waals surface area contributed by atoms with Crippen LogP contribution < -0.4 is 23.7 Å². The zero-order valence-electron chi connectivity index (χ0n) is 27.3. The summed E-state index contributed by atoms with van der Waals surface area (Å²) in [6.07, 6.45) is 5.60. The Morgan fingerprint density at radius 3 is 1.79 bits per heavy atom. The van der Waals surface area contributed by atoms with Gasteiger partial charge in [0.25, 0.3) is 0 Å². The number of methoxy groups -OCH3 is 4. The minimum atomic E-state index is -1.20. The lowest BCUT2D eigenvalue weighted by Gasteiger charge is -2.39. The van der Waals surface area contributed by atoms with Crippen molar-refractivity contribution in [3.8, 4) is 39.9 Å². The topological polar surface area (TPSA) is 46.2 Å². The Balaban J connectivity index is 1.58. The number of ether oxygens (including phenoxy) is 5. The van der Waals surface area contributed by atoms with Crippen LogP contribution in [0.5, 0.6) is 28.7 Å². The second kappa shape index (κ2) is 11.3. The Morgan fingerprint density at radius 2 is 1.21 bits per heavy atom. The highest BCUT2D eigenvalue weighted by atomic mass is 19.1. The summed E-state index contributed by atoms with van der Waals surface area (Å²) in [6.45, 7) is 4.28. The number of fused-ring (bicyclic) bond motifs is 8. The number of rotatable bonds is 8. The molecular weight excluding hydrogens is 598 g/mol. The van der Waals surface area contributed by atoms with Crippen LogP contribution in [-0.2, 0) is 11.0 Å². The standard InChI is InChI=1S/C40H36F2O5/c1-7-39(8-2)31-22-26(42)12-14-28(31)36-27-13-11-25(41)21-30(27)38-29(37(36)39)17-18-40(47-38,23-9-15-32(43-3)34(19-23)45-5)24-10-16-33(44-4)35(20-24)46-6/h9-22H,7-8H2,1-6H3. The molecule has 5 aromatic rings. The third kappa shape index (κ3) is 4.32. The minimum absolute atomic E-state index is 0.278. The first kappa shape index (κ1) is 30.6. The Bertz CT molecular complexity index is 2020. The number of hydrogen-bond donors (Lipinski definition) is 0. The Morgan fingerprint density at radius 1 is 0.638 bits per heavy atom. The predicted octanol–water partition coefficient (Wildman–Crippen LogP) is 9.59. The van der Waals surface area contributed by atoms with Crippen LogP contribution in [0.3, 0.4) is 0 Å². The smallest absolute Gasteiger partial charge is 0.178 e. The molecule has 0 saturated heterocycles. The van der Waals surface area contributed by atoms with Gasteiger partial charge in [-0.2, -0.15) is 0 Å². The first-order chi connectivity index (χ1) is 22.8. The summed E-state index contributed by atoms with van der Waals surface area (Å²) >= 11 is 0. The van der Waals surface area contributed by atoms with Crippen molar-refractivity contribution >= 4 is 16.8 Å². The van der Waals surface area contributed by atoms with Gasteiger partial charge in [0.2, 0.25) is 0 Å². The minimum Gasteiger partial charge on any atom is -0.493 e. The monoisotopic (exact) mass is 634 g/mol. The van der Waals surface area contributed by atoms with Crippen LogP contribution in [0.15, 0.2) is 78.9 Å². The van der Waals surface area contributed by atoms with E-state index in [4.69, 9.17) is 23.7 Å². The van der Waals surface area contributed by atoms with Crippen LogP contribution >= 0.6 is 0 Å². The third-order valence-electron chi connectivity index (χ3n) is 10.1. The van der Waals surface area contributed by atoms with E-state index < -0.39 is 11.0 Å². The van der Waals surface area contributed by atoms with E-state index in [1.807, 2.05) is 54.6 Å². The number of halogens is 2. The summed E-state index contributed by atoms with van der Waals surface area (Å²) in [5.41, 5.74) is 4.69. The Hall–Kier alpha value is -5.04. The lowest BCUT2D eigenvalue weighted by Crippen LogP contribution is -2.35. The molecule has 0 amide bonds. The molecule has 1 aliphatic carbocycles. The normalized spacial score (nSPS) is 15.0. The lowest BCUT2D eigenvalue weighted by atomic mass is 9.71. The summed E-state index contributed by atoms with van der Waals surface area (Å²) in [5.74, 6) is 2.10. The molecule has 0 unspecified atom stereocenters. The fraction of sp³-hybridized carbons (Fsp3) is 0.250. The summed E-state index contributed by atoms with van der Waals surface area (Å²) in [4.78, 5) is 0. The molecule has 0 N–H and O–H groups in total. The molecule has 2 aliphatic rings. The van der Waals surface area contributed by atoms with Crippen molar-refractivity contribution in [2.45, 2.75) is 37.7 Å². The van der Waals surface area contributed by atoms with E-state index in [1.165, 1.54) is 18.2 Å². The highest BCUT2D eigenvalue weighted by Gasteiger charge is 2.47. The molecule has 0 bridgehead atoms. The van der Waals surface area contributed by atoms with Gasteiger partial charge in [-0.25, -0.2) is 8.78 Å². The van der Waals surface area contributed by atoms with E-state index in [1.54, 1.807) is 34.5 Å². The molecule has 0 saturated carbocycles. The van der Waals surface area contributed by atoms with Crippen LogP contribution in [-0.4, -0.2) is 28.4 Å². The van der Waals surface area contributed by atoms with Gasteiger partial charge in [0, 0.05) is 27.5 Å². The second-order valence-electron chi connectivity index (χ2n) is 12.0. The molecule has 0 aromatic heterocycles. The molecule has 5 aromatic carbocycles. The van der Waals surface area contributed by atoms with Crippen molar-refractivity contribution in [1.29, 1.82) is 0 Å².